The van der Waals surface area contributed by atoms with Crippen molar-refractivity contribution in [1.82, 2.24) is 4.90 Å². The molecule has 1 aromatic rings. The summed E-state index contributed by atoms with van der Waals surface area (Å²) >= 11 is 1.55. The number of hydrogen-bond acceptors (Lipinski definition) is 12. The van der Waals surface area contributed by atoms with Crippen LogP contribution < -0.4 is 5.73 Å². The number of benzene rings is 1. The molecule has 40 heavy (non-hydrogen) atoms. The number of aromatic hydroxyl groups is 1. The Kier molecular flexibility index (Phi) is 8.58. The van der Waals surface area contributed by atoms with Gasteiger partial charge in [-0.3, -0.25) is 28.9 Å². The number of ketones is 4. The summed E-state index contributed by atoms with van der Waals surface area (Å²) in [6.45, 7) is 3.55. The number of carbonyl (C=O) groups is 5. The zero-order valence-electron chi connectivity index (χ0n) is 22.9. The predicted molar refractivity (Wildman–Crippen MR) is 145 cm³/mol. The summed E-state index contributed by atoms with van der Waals surface area (Å²) in [6.07, 6.45) is -2.64. The minimum absolute atomic E-state index is 0.0772. The van der Waals surface area contributed by atoms with Crippen molar-refractivity contribution in [2.24, 2.45) is 29.4 Å². The van der Waals surface area contributed by atoms with Gasteiger partial charge in [-0.1, -0.05) is 26.0 Å². The molecule has 0 aromatic heterocycles. The summed E-state index contributed by atoms with van der Waals surface area (Å²) in [5.74, 6) is -10.8. The van der Waals surface area contributed by atoms with E-state index in [9.17, 15) is 39.3 Å². The van der Waals surface area contributed by atoms with Crippen LogP contribution in [0.3, 0.4) is 0 Å². The molecule has 2 fully saturated rings. The highest BCUT2D eigenvalue weighted by molar-refractivity contribution is 7.99. The van der Waals surface area contributed by atoms with Gasteiger partial charge in [0, 0.05) is 24.0 Å². The maximum Gasteiger partial charge on any atom is 0.305 e. The fraction of sp³-hybridized carbons (Fsp3) is 0.607. The lowest BCUT2D eigenvalue weighted by Crippen LogP contribution is -2.78. The quantitative estimate of drug-likeness (QED) is 0.144. The second kappa shape index (κ2) is 11.3. The Morgan fingerprint density at radius 1 is 1.18 bits per heavy atom. The summed E-state index contributed by atoms with van der Waals surface area (Å²) in [4.78, 5) is 69.8. The van der Waals surface area contributed by atoms with E-state index < -0.39 is 82.7 Å². The number of phenolic OH excluding ortho intramolecular Hbond substituents is 1. The topological polar surface area (TPSA) is 185 Å². The molecule has 9 atom stereocenters. The van der Waals surface area contributed by atoms with E-state index in [1.807, 2.05) is 6.92 Å². The van der Waals surface area contributed by atoms with E-state index in [1.165, 1.54) is 25.1 Å². The summed E-state index contributed by atoms with van der Waals surface area (Å²) in [5, 5.41) is 32.9. The normalized spacial score (nSPS) is 34.2. The van der Waals surface area contributed by atoms with E-state index in [-0.39, 0.29) is 17.7 Å². The Morgan fingerprint density at radius 3 is 2.42 bits per heavy atom. The first-order valence-corrected chi connectivity index (χ1v) is 14.6. The van der Waals surface area contributed by atoms with E-state index in [2.05, 4.69) is 0 Å². The molecule has 218 valence electrons. The predicted octanol–water partition coefficient (Wildman–Crippen LogP) is 0.275. The highest BCUT2D eigenvalue weighted by Crippen LogP contribution is 2.56. The van der Waals surface area contributed by atoms with Crippen LogP contribution in [0.15, 0.2) is 18.2 Å². The van der Waals surface area contributed by atoms with Gasteiger partial charge in [-0.2, -0.15) is 11.8 Å². The Morgan fingerprint density at radius 2 is 1.85 bits per heavy atom. The molecule has 3 unspecified atom stereocenters. The fourth-order valence-corrected chi connectivity index (χ4v) is 7.87. The number of aliphatic hydroxyl groups excluding tert-OH is 1. The number of likely N-dealkylation sites (N-methyl/N-ethyl adjacent to an activating group) is 1. The SMILES string of the molecule is CCCSC[C@H]1c2cccc(O)c2C(=O)C2C(=O)[C@]3(O)C(=O)C(C(N)O)C(=O)[C@@H](N(C)C)[C@@H]3[C@@H](OC(=O)CC)[C@@H]21. The van der Waals surface area contributed by atoms with E-state index in [0.29, 0.717) is 11.3 Å². The second-order valence-electron chi connectivity index (χ2n) is 10.9. The number of nitrogens with zero attached hydrogens (tertiary/aromatic N) is 1. The molecule has 5 N–H and O–H groups in total. The van der Waals surface area contributed by atoms with Crippen molar-refractivity contribution in [3.8, 4) is 5.75 Å². The van der Waals surface area contributed by atoms with Crippen molar-refractivity contribution < 1.29 is 44.0 Å². The van der Waals surface area contributed by atoms with Crippen molar-refractivity contribution in [2.75, 3.05) is 25.6 Å². The lowest BCUT2D eigenvalue weighted by Gasteiger charge is -2.57. The van der Waals surface area contributed by atoms with Crippen molar-refractivity contribution in [1.29, 1.82) is 0 Å². The Balaban J connectivity index is 2.02. The van der Waals surface area contributed by atoms with Crippen LogP contribution in [0.25, 0.3) is 0 Å². The van der Waals surface area contributed by atoms with Crippen molar-refractivity contribution in [2.45, 2.75) is 56.6 Å². The summed E-state index contributed by atoms with van der Waals surface area (Å²) in [5.41, 5.74) is 3.01. The van der Waals surface area contributed by atoms with Crippen molar-refractivity contribution in [3.63, 3.8) is 0 Å². The molecule has 0 saturated heterocycles. The van der Waals surface area contributed by atoms with Crippen LogP contribution in [0.4, 0.5) is 0 Å². The van der Waals surface area contributed by atoms with Crippen LogP contribution in [-0.4, -0.2) is 98.9 Å². The highest BCUT2D eigenvalue weighted by Gasteiger charge is 2.74. The van der Waals surface area contributed by atoms with Gasteiger partial charge in [0.15, 0.2) is 28.7 Å². The van der Waals surface area contributed by atoms with Gasteiger partial charge >= 0.3 is 5.97 Å². The highest BCUT2D eigenvalue weighted by atomic mass is 32.2. The zero-order valence-corrected chi connectivity index (χ0v) is 23.7. The van der Waals surface area contributed by atoms with Crippen LogP contribution in [0, 0.1) is 23.7 Å². The minimum Gasteiger partial charge on any atom is -0.507 e. The first kappa shape index (κ1) is 30.3. The first-order chi connectivity index (χ1) is 18.8. The zero-order chi connectivity index (χ0) is 29.7. The number of nitrogens with two attached hydrogens (primary N) is 1. The number of aliphatic hydroxyl groups is 2. The first-order valence-electron chi connectivity index (χ1n) is 13.4. The number of esters is 1. The van der Waals surface area contributed by atoms with Gasteiger partial charge in [-0.05, 0) is 37.9 Å². The van der Waals surface area contributed by atoms with Gasteiger partial charge in [0.05, 0.1) is 23.4 Å². The van der Waals surface area contributed by atoms with Crippen LogP contribution in [0.2, 0.25) is 0 Å². The van der Waals surface area contributed by atoms with Gasteiger partial charge < -0.3 is 25.8 Å². The fourth-order valence-electron chi connectivity index (χ4n) is 6.76. The summed E-state index contributed by atoms with van der Waals surface area (Å²) < 4.78 is 5.90. The van der Waals surface area contributed by atoms with Gasteiger partial charge in [-0.25, -0.2) is 0 Å². The Labute approximate surface area is 236 Å². The molecule has 0 aliphatic heterocycles. The van der Waals surface area contributed by atoms with Gasteiger partial charge in [0.2, 0.25) is 0 Å². The number of Topliss-reactive ketones (excluding diaryl/α,β-unsaturated/α-hetero) is 4. The second-order valence-corrected chi connectivity index (χ2v) is 12.1. The van der Waals surface area contributed by atoms with Gasteiger partial charge in [0.1, 0.15) is 24.0 Å². The smallest absolute Gasteiger partial charge is 0.305 e. The van der Waals surface area contributed by atoms with Crippen LogP contribution in [-0.2, 0) is 23.9 Å². The molecular weight excluding hydrogens is 540 g/mol. The molecule has 2 saturated carbocycles. The number of hydrogen-bond donors (Lipinski definition) is 4. The molecule has 0 bridgehead atoms. The minimum atomic E-state index is -2.97. The molecular formula is C28H36N2O9S. The largest absolute Gasteiger partial charge is 0.507 e. The van der Waals surface area contributed by atoms with E-state index >= 15 is 0 Å². The molecule has 1 aromatic carbocycles. The molecule has 4 rings (SSSR count). The van der Waals surface area contributed by atoms with Crippen molar-refractivity contribution in [3.05, 3.63) is 29.3 Å². The van der Waals surface area contributed by atoms with E-state index in [4.69, 9.17) is 10.5 Å². The van der Waals surface area contributed by atoms with E-state index in [0.717, 1.165) is 12.2 Å². The molecule has 0 radical (unpaired) electrons. The third-order valence-corrected chi connectivity index (χ3v) is 9.71. The average Bonchev–Trinajstić information content (AvgIpc) is 2.89. The number of fused-ring (bicyclic) bond motifs is 3. The Bertz CT molecular complexity index is 1230. The van der Waals surface area contributed by atoms with Crippen LogP contribution in [0.5, 0.6) is 5.75 Å². The lowest BCUT2D eigenvalue weighted by atomic mass is 9.49. The lowest BCUT2D eigenvalue weighted by molar-refractivity contribution is -0.207. The average molecular weight is 577 g/mol. The van der Waals surface area contributed by atoms with Crippen LogP contribution in [0.1, 0.15) is 48.5 Å². The number of thioether (sulfide) groups is 1. The third kappa shape index (κ3) is 4.50. The van der Waals surface area contributed by atoms with E-state index in [1.54, 1.807) is 30.8 Å². The molecule has 0 spiro atoms. The maximum atomic E-state index is 14.3. The summed E-state index contributed by atoms with van der Waals surface area (Å²) in [7, 11) is 3.00. The standard InChI is InChI=1S/C28H36N2O9S/c1-5-10-40-11-13-12-8-7-9-14(31)16(12)22(33)18-17(13)24(39-15(32)6-2)20-21(30(3)4)23(34)19(27(29)37)26(36)28(20,38)25(18)35/h7-9,13,17-21,24,27,31,37-38H,5-6,10-11,29H2,1-4H3/t13-,17+,18?,19?,20+,21-,24-,27?,28-/m0/s1. The molecule has 0 amide bonds. The number of ether oxygens (including phenoxy) is 1. The maximum absolute atomic E-state index is 14.3. The summed E-state index contributed by atoms with van der Waals surface area (Å²) in [6, 6.07) is 3.22. The van der Waals surface area contributed by atoms with Gasteiger partial charge in [0.25, 0.3) is 0 Å². The van der Waals surface area contributed by atoms with Crippen LogP contribution >= 0.6 is 11.8 Å². The third-order valence-electron chi connectivity index (χ3n) is 8.42. The van der Waals surface area contributed by atoms with Crippen molar-refractivity contribution >= 4 is 40.9 Å². The monoisotopic (exact) mass is 576 g/mol. The Hall–Kier alpha value is -2.64. The molecule has 3 aliphatic carbocycles. The number of phenols is 1. The molecule has 3 aliphatic rings. The number of carbonyl (C=O) groups excluding carboxylic acids is 5. The number of rotatable bonds is 8. The molecule has 0 heterocycles. The van der Waals surface area contributed by atoms with Gasteiger partial charge in [-0.15, -0.1) is 0 Å². The molecule has 11 nitrogen and oxygen atoms in total. The molecule has 12 heteroatoms.